The molecule has 0 radical (unpaired) electrons. The van der Waals surface area contributed by atoms with Gasteiger partial charge in [-0.2, -0.15) is 0 Å². The van der Waals surface area contributed by atoms with Gasteiger partial charge in [0.15, 0.2) is 0 Å². The second-order valence-corrected chi connectivity index (χ2v) is 10.4. The van der Waals surface area contributed by atoms with Gasteiger partial charge in [0.05, 0.1) is 0 Å². The topological polar surface area (TPSA) is 0 Å². The summed E-state index contributed by atoms with van der Waals surface area (Å²) < 4.78 is 0. The summed E-state index contributed by atoms with van der Waals surface area (Å²) in [6.45, 7) is 4.59. The van der Waals surface area contributed by atoms with E-state index in [4.69, 9.17) is 0 Å². The lowest BCUT2D eigenvalue weighted by atomic mass is 9.77. The monoisotopic (exact) mass is 450 g/mol. The first kappa shape index (κ1) is 24.6. The summed E-state index contributed by atoms with van der Waals surface area (Å²) in [7, 11) is 0. The normalized spacial score (nSPS) is 17.9. The van der Waals surface area contributed by atoms with Crippen LogP contribution in [0.1, 0.15) is 113 Å². The third-order valence-electron chi connectivity index (χ3n) is 7.75. The predicted molar refractivity (Wildman–Crippen MR) is 148 cm³/mol. The molecule has 0 heteroatoms. The van der Waals surface area contributed by atoms with Crippen molar-refractivity contribution in [2.75, 3.05) is 0 Å². The van der Waals surface area contributed by atoms with Crippen LogP contribution >= 0.6 is 0 Å². The number of benzene rings is 3. The molecular formula is C34H42. The molecule has 0 heterocycles. The van der Waals surface area contributed by atoms with Crippen molar-refractivity contribution < 1.29 is 0 Å². The van der Waals surface area contributed by atoms with Gasteiger partial charge in [-0.25, -0.2) is 0 Å². The van der Waals surface area contributed by atoms with Crippen molar-refractivity contribution in [3.8, 4) is 11.8 Å². The number of fused-ring (bicyclic) bond motifs is 1. The second kappa shape index (κ2) is 12.8. The Labute approximate surface area is 208 Å². The van der Waals surface area contributed by atoms with E-state index in [-0.39, 0.29) is 0 Å². The van der Waals surface area contributed by atoms with Gasteiger partial charge < -0.3 is 0 Å². The Kier molecular flexibility index (Phi) is 9.27. The molecule has 0 saturated heterocycles. The minimum Gasteiger partial charge on any atom is -0.0654 e. The van der Waals surface area contributed by atoms with Crippen molar-refractivity contribution in [2.24, 2.45) is 5.92 Å². The first-order valence-electron chi connectivity index (χ1n) is 13.9. The Balaban J connectivity index is 1.34. The quantitative estimate of drug-likeness (QED) is 0.225. The van der Waals surface area contributed by atoms with E-state index in [9.17, 15) is 0 Å². The standard InChI is InChI=1S/C34H42/c1-3-5-6-7-8-10-29-17-23-34-26-30(18-24-33(34)25-29)12-11-28-15-21-32(22-16-28)31-19-13-27(9-4-2)14-20-31/h15-18,21-27,31H,3-10,13-14,19-20H2,1-2H3/t27-,31-. The second-order valence-electron chi connectivity index (χ2n) is 10.4. The van der Waals surface area contributed by atoms with E-state index in [0.29, 0.717) is 0 Å². The van der Waals surface area contributed by atoms with Gasteiger partial charge in [0, 0.05) is 11.1 Å². The highest BCUT2D eigenvalue weighted by atomic mass is 14.3. The van der Waals surface area contributed by atoms with Crippen molar-refractivity contribution in [3.05, 3.63) is 82.9 Å². The van der Waals surface area contributed by atoms with Crippen molar-refractivity contribution in [2.45, 2.75) is 96.8 Å². The average Bonchev–Trinajstić information content (AvgIpc) is 2.88. The first-order chi connectivity index (χ1) is 16.7. The predicted octanol–water partition coefficient (Wildman–Crippen LogP) is 9.83. The molecule has 1 saturated carbocycles. The molecule has 34 heavy (non-hydrogen) atoms. The molecule has 0 unspecified atom stereocenters. The molecule has 0 amide bonds. The van der Waals surface area contributed by atoms with Gasteiger partial charge in [-0.05, 0) is 96.5 Å². The summed E-state index contributed by atoms with van der Waals surface area (Å²) in [6.07, 6.45) is 16.2. The van der Waals surface area contributed by atoms with Gasteiger partial charge in [-0.1, -0.05) is 101 Å². The van der Waals surface area contributed by atoms with Crippen LogP contribution in [0.5, 0.6) is 0 Å². The van der Waals surface area contributed by atoms with E-state index in [1.807, 2.05) is 0 Å². The zero-order valence-corrected chi connectivity index (χ0v) is 21.4. The van der Waals surface area contributed by atoms with Crippen LogP contribution in [0.3, 0.4) is 0 Å². The molecule has 0 atom stereocenters. The van der Waals surface area contributed by atoms with E-state index in [2.05, 4.69) is 86.4 Å². The summed E-state index contributed by atoms with van der Waals surface area (Å²) in [5, 5.41) is 2.62. The van der Waals surface area contributed by atoms with Gasteiger partial charge in [-0.3, -0.25) is 0 Å². The fourth-order valence-electron chi connectivity index (χ4n) is 5.64. The summed E-state index contributed by atoms with van der Waals surface area (Å²) >= 11 is 0. The lowest BCUT2D eigenvalue weighted by Gasteiger charge is -2.28. The molecule has 0 N–H and O–H groups in total. The third-order valence-corrected chi connectivity index (χ3v) is 7.75. The fraction of sp³-hybridized carbons (Fsp3) is 0.471. The number of hydrogen-bond acceptors (Lipinski definition) is 0. The van der Waals surface area contributed by atoms with Crippen LogP contribution in [-0.4, -0.2) is 0 Å². The van der Waals surface area contributed by atoms with Crippen LogP contribution in [-0.2, 0) is 6.42 Å². The van der Waals surface area contributed by atoms with Crippen molar-refractivity contribution in [1.82, 2.24) is 0 Å². The van der Waals surface area contributed by atoms with Crippen LogP contribution in [0.25, 0.3) is 10.8 Å². The molecule has 1 aliphatic rings. The van der Waals surface area contributed by atoms with E-state index in [1.54, 1.807) is 0 Å². The summed E-state index contributed by atoms with van der Waals surface area (Å²) in [5.74, 6) is 8.49. The number of hydrogen-bond donors (Lipinski definition) is 0. The van der Waals surface area contributed by atoms with Crippen LogP contribution in [0.15, 0.2) is 60.7 Å². The Bertz CT molecular complexity index is 1080. The maximum absolute atomic E-state index is 3.39. The van der Waals surface area contributed by atoms with Crippen LogP contribution < -0.4 is 0 Å². The molecule has 4 rings (SSSR count). The van der Waals surface area contributed by atoms with Crippen LogP contribution in [0.2, 0.25) is 0 Å². The summed E-state index contributed by atoms with van der Waals surface area (Å²) in [4.78, 5) is 0. The highest BCUT2D eigenvalue weighted by Crippen LogP contribution is 2.37. The zero-order valence-electron chi connectivity index (χ0n) is 21.4. The van der Waals surface area contributed by atoms with Gasteiger partial charge in [0.25, 0.3) is 0 Å². The van der Waals surface area contributed by atoms with E-state index < -0.39 is 0 Å². The van der Waals surface area contributed by atoms with E-state index >= 15 is 0 Å². The number of rotatable bonds is 9. The fourth-order valence-corrected chi connectivity index (χ4v) is 5.64. The largest absolute Gasteiger partial charge is 0.0654 e. The molecule has 3 aromatic carbocycles. The SMILES string of the molecule is CCCCCCCc1ccc2cc(C#Cc3ccc([C@H]4CC[C@H](CCC)CC4)cc3)ccc2c1. The molecule has 0 spiro atoms. The zero-order chi connectivity index (χ0) is 23.6. The molecule has 178 valence electrons. The van der Waals surface area contributed by atoms with Crippen LogP contribution in [0, 0.1) is 17.8 Å². The average molecular weight is 451 g/mol. The number of aryl methyl sites for hydroxylation is 1. The van der Waals surface area contributed by atoms with Crippen molar-refractivity contribution >= 4 is 10.8 Å². The van der Waals surface area contributed by atoms with Crippen LogP contribution in [0.4, 0.5) is 0 Å². The molecule has 1 fully saturated rings. The lowest BCUT2D eigenvalue weighted by Crippen LogP contribution is -2.13. The van der Waals surface area contributed by atoms with Gasteiger partial charge in [0.2, 0.25) is 0 Å². The third kappa shape index (κ3) is 6.99. The maximum Gasteiger partial charge on any atom is 0.0255 e. The summed E-state index contributed by atoms with van der Waals surface area (Å²) in [6, 6.07) is 22.6. The molecular weight excluding hydrogens is 408 g/mol. The first-order valence-corrected chi connectivity index (χ1v) is 13.9. The smallest absolute Gasteiger partial charge is 0.0255 e. The highest BCUT2D eigenvalue weighted by molar-refractivity contribution is 5.84. The molecule has 1 aliphatic carbocycles. The Hall–Kier alpha value is -2.52. The Morgan fingerprint density at radius 1 is 0.647 bits per heavy atom. The molecule has 0 nitrogen and oxygen atoms in total. The van der Waals surface area contributed by atoms with Gasteiger partial charge in [-0.15, -0.1) is 0 Å². The van der Waals surface area contributed by atoms with E-state index in [1.165, 1.54) is 98.9 Å². The van der Waals surface area contributed by atoms with Gasteiger partial charge in [0.1, 0.15) is 0 Å². The van der Waals surface area contributed by atoms with E-state index in [0.717, 1.165) is 23.0 Å². The molecule has 0 aromatic heterocycles. The minimum absolute atomic E-state index is 0.747. The molecule has 3 aromatic rings. The highest BCUT2D eigenvalue weighted by Gasteiger charge is 2.21. The van der Waals surface area contributed by atoms with Crippen molar-refractivity contribution in [1.29, 1.82) is 0 Å². The van der Waals surface area contributed by atoms with Crippen molar-refractivity contribution in [3.63, 3.8) is 0 Å². The summed E-state index contributed by atoms with van der Waals surface area (Å²) in [5.41, 5.74) is 5.18. The number of unbranched alkanes of at least 4 members (excludes halogenated alkanes) is 4. The Morgan fingerprint density at radius 2 is 1.32 bits per heavy atom. The Morgan fingerprint density at radius 3 is 2.09 bits per heavy atom. The molecule has 0 bridgehead atoms. The molecule has 0 aliphatic heterocycles. The maximum atomic E-state index is 3.39. The lowest BCUT2D eigenvalue weighted by molar-refractivity contribution is 0.308. The van der Waals surface area contributed by atoms with Gasteiger partial charge >= 0.3 is 0 Å². The minimum atomic E-state index is 0.747.